The number of thioether (sulfide) groups is 2. The van der Waals surface area contributed by atoms with Crippen LogP contribution in [-0.4, -0.2) is 96.5 Å². The van der Waals surface area contributed by atoms with Gasteiger partial charge in [-0.3, -0.25) is 4.98 Å². The Kier molecular flexibility index (Phi) is 18.6. The molecule has 8 rings (SSSR count). The summed E-state index contributed by atoms with van der Waals surface area (Å²) in [6, 6.07) is 34.7. The number of aliphatic imine (C=N–C) groups is 4. The summed E-state index contributed by atoms with van der Waals surface area (Å²) >= 11 is 3.24. The molecule has 6 aromatic rings. The van der Waals surface area contributed by atoms with Gasteiger partial charge in [-0.15, -0.1) is 36.5 Å². The number of halogens is 6. The summed E-state index contributed by atoms with van der Waals surface area (Å²) in [6.45, 7) is 3.36. The van der Waals surface area contributed by atoms with Crippen LogP contribution in [0.25, 0.3) is 0 Å². The van der Waals surface area contributed by atoms with Crippen LogP contribution in [0.15, 0.2) is 174 Å². The molecule has 4 N–H and O–H groups in total. The number of pyridine rings is 1. The molecular formula is C54H49F6N13O3S2. The molecule has 2 saturated heterocycles. The van der Waals surface area contributed by atoms with Crippen LogP contribution in [-0.2, 0) is 6.42 Å². The first-order valence-electron chi connectivity index (χ1n) is 23.8. The molecule has 0 aliphatic carbocycles. The van der Waals surface area contributed by atoms with Gasteiger partial charge in [-0.05, 0) is 115 Å². The second-order valence-electron chi connectivity index (χ2n) is 17.1. The predicted molar refractivity (Wildman–Crippen MR) is 300 cm³/mol. The number of aryl methyl sites for hydroxylation is 1. The zero-order valence-corrected chi connectivity index (χ0v) is 43.3. The lowest BCUT2D eigenvalue weighted by atomic mass is 9.99. The van der Waals surface area contributed by atoms with E-state index in [1.54, 1.807) is 73.5 Å². The van der Waals surface area contributed by atoms with Gasteiger partial charge in [0.15, 0.2) is 10.3 Å². The normalized spacial score (nSPS) is 17.1. The van der Waals surface area contributed by atoms with Crippen LogP contribution in [0.4, 0.5) is 49.1 Å². The zero-order chi connectivity index (χ0) is 55.1. The summed E-state index contributed by atoms with van der Waals surface area (Å²) in [5.41, 5.74) is 19.7. The molecule has 0 bridgehead atoms. The summed E-state index contributed by atoms with van der Waals surface area (Å²) in [6.07, 6.45) is -0.338. The first-order chi connectivity index (χ1) is 37.6. The highest BCUT2D eigenvalue weighted by Gasteiger charge is 2.32. The van der Waals surface area contributed by atoms with E-state index in [2.05, 4.69) is 76.8 Å². The highest BCUT2D eigenvalue weighted by Crippen LogP contribution is 2.37. The van der Waals surface area contributed by atoms with E-state index < -0.39 is 12.7 Å². The van der Waals surface area contributed by atoms with Crippen molar-refractivity contribution >= 4 is 93.4 Å². The molecule has 2 fully saturated rings. The first-order valence-corrected chi connectivity index (χ1v) is 25.8. The van der Waals surface area contributed by atoms with Gasteiger partial charge in [0.25, 0.3) is 0 Å². The fourth-order valence-corrected chi connectivity index (χ4v) is 9.75. The minimum Gasteiger partial charge on any atom is -0.495 e. The van der Waals surface area contributed by atoms with Crippen LogP contribution in [0.5, 0.6) is 17.2 Å². The number of aromatic nitrogens is 1. The average molecular weight is 1110 g/mol. The van der Waals surface area contributed by atoms with Gasteiger partial charge in [0.05, 0.1) is 48.0 Å². The van der Waals surface area contributed by atoms with Crippen molar-refractivity contribution in [3.63, 3.8) is 0 Å². The lowest BCUT2D eigenvalue weighted by molar-refractivity contribution is -0.275. The number of hydrogen-bond acceptors (Lipinski definition) is 12. The van der Waals surface area contributed by atoms with Crippen molar-refractivity contribution in [1.82, 2.24) is 4.98 Å². The summed E-state index contributed by atoms with van der Waals surface area (Å²) in [4.78, 5) is 25.4. The number of nitrogens with zero attached hydrogens (tertiary/aromatic N) is 11. The van der Waals surface area contributed by atoms with E-state index in [0.29, 0.717) is 34.8 Å². The molecule has 1 aromatic heterocycles. The van der Waals surface area contributed by atoms with E-state index in [1.807, 2.05) is 49.4 Å². The number of hydrogen-bond donors (Lipinski definition) is 2. The Labute approximate surface area is 453 Å². The van der Waals surface area contributed by atoms with Gasteiger partial charge in [-0.25, -0.2) is 20.0 Å². The highest BCUT2D eigenvalue weighted by molar-refractivity contribution is 8.14. The monoisotopic (exact) mass is 1110 g/mol. The van der Waals surface area contributed by atoms with Crippen LogP contribution in [0.1, 0.15) is 39.9 Å². The maximum atomic E-state index is 12.5. The average Bonchev–Trinajstić information content (AvgIpc) is 3.45. The lowest BCUT2D eigenvalue weighted by Crippen LogP contribution is -2.40. The third-order valence-electron chi connectivity index (χ3n) is 11.5. The lowest BCUT2D eigenvalue weighted by Gasteiger charge is -2.35. The van der Waals surface area contributed by atoms with E-state index >= 15 is 0 Å². The molecule has 1 atom stereocenters. The molecular weight excluding hydrogens is 1060 g/mol. The Morgan fingerprint density at radius 1 is 0.679 bits per heavy atom. The van der Waals surface area contributed by atoms with E-state index in [0.717, 1.165) is 99.3 Å². The molecule has 78 heavy (non-hydrogen) atoms. The summed E-state index contributed by atoms with van der Waals surface area (Å²) < 4.78 is 88.4. The Bertz CT molecular complexity index is 3260. The molecule has 0 spiro atoms. The zero-order valence-electron chi connectivity index (χ0n) is 41.7. The standard InChI is InChI=1S/C54H49F6N13O3S2/c1-35-46(5-3-24-63-35)73-31-39(32-78-52(73)71-69-30-37-8-13-41(14-9-37)50(62)67-34-65-43-17-21-45(22-18-43)76-54(58,59)60)27-38-10-23-48(74-2)47(28-38)72-25-4-26-77-51(72)70-68-29-36-6-11-40(12-7-36)49(61)66-33-64-42-15-19-44(20-16-42)75-53(55,56)57/h3,5-24,28-30,33-34,39H,4,25-27,31-32H2,1-2H3,(H2,61,64,66)(H2,62,65,67)/b68-29-,69-30-,70-51+,71-52+. The van der Waals surface area contributed by atoms with Crippen molar-refractivity contribution in [2.24, 2.45) is 57.8 Å². The first kappa shape index (κ1) is 55.7. The van der Waals surface area contributed by atoms with Gasteiger partial charge in [0.1, 0.15) is 41.6 Å². The van der Waals surface area contributed by atoms with E-state index in [1.165, 1.54) is 36.9 Å². The van der Waals surface area contributed by atoms with Crippen molar-refractivity contribution in [1.29, 1.82) is 0 Å². The second-order valence-corrected chi connectivity index (χ2v) is 19.1. The molecule has 3 heterocycles. The number of methoxy groups -OCH3 is 1. The molecule has 2 aliphatic heterocycles. The van der Waals surface area contributed by atoms with Crippen LogP contribution < -0.4 is 35.5 Å². The number of nitrogens with two attached hydrogens (primary N) is 2. The smallest absolute Gasteiger partial charge is 0.495 e. The fourth-order valence-electron chi connectivity index (χ4n) is 7.80. The number of anilines is 2. The Hall–Kier alpha value is -8.51. The quantitative estimate of drug-likeness (QED) is 0.0383. The molecule has 2 aliphatic rings. The topological polar surface area (TPSA) is 198 Å². The van der Waals surface area contributed by atoms with Gasteiger partial charge in [0.2, 0.25) is 0 Å². The largest absolute Gasteiger partial charge is 0.573 e. The van der Waals surface area contributed by atoms with Crippen LogP contribution in [0.2, 0.25) is 0 Å². The molecule has 0 amide bonds. The van der Waals surface area contributed by atoms with Gasteiger partial charge >= 0.3 is 12.7 Å². The molecule has 0 saturated carbocycles. The Balaban J connectivity index is 0.894. The molecule has 402 valence electrons. The number of amidine groups is 4. The van der Waals surface area contributed by atoms with Crippen molar-refractivity contribution < 1.29 is 40.6 Å². The maximum absolute atomic E-state index is 12.5. The second kappa shape index (κ2) is 26.0. The molecule has 24 heteroatoms. The summed E-state index contributed by atoms with van der Waals surface area (Å²) in [7, 11) is 1.66. The number of ether oxygens (including phenoxy) is 3. The number of rotatable bonds is 17. The number of alkyl halides is 6. The Morgan fingerprint density at radius 2 is 1.22 bits per heavy atom. The number of benzene rings is 5. The molecule has 0 radical (unpaired) electrons. The third-order valence-corrected chi connectivity index (χ3v) is 13.7. The predicted octanol–water partition coefficient (Wildman–Crippen LogP) is 11.5. The van der Waals surface area contributed by atoms with E-state index in [-0.39, 0.29) is 29.1 Å². The molecule has 1 unspecified atom stereocenters. The minimum absolute atomic E-state index is 0.189. The van der Waals surface area contributed by atoms with Gasteiger partial charge < -0.3 is 35.5 Å². The van der Waals surface area contributed by atoms with Crippen molar-refractivity contribution in [3.05, 3.63) is 167 Å². The van der Waals surface area contributed by atoms with Crippen molar-refractivity contribution in [2.75, 3.05) is 41.5 Å². The van der Waals surface area contributed by atoms with E-state index in [9.17, 15) is 26.3 Å². The van der Waals surface area contributed by atoms with E-state index in [4.69, 9.17) is 16.2 Å². The van der Waals surface area contributed by atoms with Gasteiger partial charge in [0, 0.05) is 41.9 Å². The fraction of sp³-hybridized carbons (Fsp3) is 0.204. The van der Waals surface area contributed by atoms with Crippen LogP contribution in [0.3, 0.4) is 0 Å². The van der Waals surface area contributed by atoms with Gasteiger partial charge in [-0.1, -0.05) is 78.1 Å². The third kappa shape index (κ3) is 16.3. The maximum Gasteiger partial charge on any atom is 0.573 e. The minimum atomic E-state index is -4.78. The van der Waals surface area contributed by atoms with Gasteiger partial charge in [-0.2, -0.15) is 10.2 Å². The summed E-state index contributed by atoms with van der Waals surface area (Å²) in [5, 5.41) is 19.7. The SMILES string of the molecule is COc1ccc(CC2CS/C(=N/N=C\c3ccc(C(N)=NC=Nc4ccc(OC(F)(F)F)cc4)cc3)N(c3cccnc3C)C2)cc1N1CCCS/C1=N/N=C\c1ccc(C(N)=NC=Nc2ccc(OC(F)(F)F)cc2)cc1. The molecule has 16 nitrogen and oxygen atoms in total. The molecule has 5 aromatic carbocycles. The summed E-state index contributed by atoms with van der Waals surface area (Å²) in [5.74, 6) is 2.29. The van der Waals surface area contributed by atoms with Crippen molar-refractivity contribution in [3.8, 4) is 17.2 Å². The van der Waals surface area contributed by atoms with Crippen molar-refractivity contribution in [2.45, 2.75) is 32.5 Å². The van der Waals surface area contributed by atoms with Crippen LogP contribution >= 0.6 is 23.5 Å². The highest BCUT2D eigenvalue weighted by atomic mass is 32.2. The van der Waals surface area contributed by atoms with Crippen LogP contribution in [0, 0.1) is 12.8 Å². The Morgan fingerprint density at radius 3 is 1.73 bits per heavy atom.